The molecule has 0 bridgehead atoms. The Balaban J connectivity index is 1.96. The van der Waals surface area contributed by atoms with Crippen LogP contribution in [0.1, 0.15) is 15.9 Å². The molecule has 0 aliphatic rings. The fourth-order valence-electron chi connectivity index (χ4n) is 1.81. The summed E-state index contributed by atoms with van der Waals surface area (Å²) < 4.78 is 5.11. The van der Waals surface area contributed by atoms with Gasteiger partial charge in [-0.1, -0.05) is 30.3 Å². The zero-order valence-corrected chi connectivity index (χ0v) is 11.1. The third kappa shape index (κ3) is 4.12. The van der Waals surface area contributed by atoms with Crippen molar-refractivity contribution in [3.63, 3.8) is 0 Å². The molecule has 108 valence electrons. The summed E-state index contributed by atoms with van der Waals surface area (Å²) in [5, 5.41) is 10.5. The largest absolute Gasteiger partial charge is 0.443 e. The van der Waals surface area contributed by atoms with Crippen molar-refractivity contribution < 1.29 is 14.5 Å². The van der Waals surface area contributed by atoms with Crippen molar-refractivity contribution in [1.29, 1.82) is 0 Å². The quantitative estimate of drug-likeness (QED) is 0.394. The zero-order valence-electron chi connectivity index (χ0n) is 11.1. The van der Waals surface area contributed by atoms with E-state index in [-0.39, 0.29) is 11.3 Å². The Labute approximate surface area is 121 Å². The molecule has 0 heterocycles. The second-order valence-corrected chi connectivity index (χ2v) is 4.44. The van der Waals surface area contributed by atoms with Crippen LogP contribution in [0, 0.1) is 10.1 Å². The molecule has 0 aromatic heterocycles. The van der Waals surface area contributed by atoms with E-state index >= 15 is 0 Å². The third-order valence-corrected chi connectivity index (χ3v) is 2.85. The van der Waals surface area contributed by atoms with Crippen LogP contribution >= 0.6 is 0 Å². The van der Waals surface area contributed by atoms with E-state index in [9.17, 15) is 14.9 Å². The van der Waals surface area contributed by atoms with Crippen LogP contribution in [0.5, 0.6) is 0 Å². The Hall–Kier alpha value is -2.73. The highest BCUT2D eigenvalue weighted by atomic mass is 16.6. The molecule has 2 rings (SSSR count). The standard InChI is InChI=1S/C15H14N2O4/c16-14(10-11-4-2-1-3-5-11)21-15(18)12-6-8-13(9-7-12)17(19)20/h1-9,14H,10,16H2. The second kappa shape index (κ2) is 6.62. The number of esters is 1. The summed E-state index contributed by atoms with van der Waals surface area (Å²) in [5.41, 5.74) is 6.87. The van der Waals surface area contributed by atoms with Crippen molar-refractivity contribution >= 4 is 11.7 Å². The van der Waals surface area contributed by atoms with Crippen LogP contribution in [-0.4, -0.2) is 17.1 Å². The van der Waals surface area contributed by atoms with Crippen LogP contribution in [0.15, 0.2) is 54.6 Å². The molecule has 0 saturated carbocycles. The van der Waals surface area contributed by atoms with Gasteiger partial charge in [-0.3, -0.25) is 15.8 Å². The van der Waals surface area contributed by atoms with Crippen molar-refractivity contribution in [2.45, 2.75) is 12.6 Å². The number of hydrogen-bond donors (Lipinski definition) is 1. The minimum absolute atomic E-state index is 0.0832. The number of hydrogen-bond acceptors (Lipinski definition) is 5. The number of nitrogens with zero attached hydrogens (tertiary/aromatic N) is 1. The van der Waals surface area contributed by atoms with Gasteiger partial charge in [0.15, 0.2) is 6.23 Å². The Morgan fingerprint density at radius 3 is 2.33 bits per heavy atom. The molecular formula is C15H14N2O4. The summed E-state index contributed by atoms with van der Waals surface area (Å²) in [6.07, 6.45) is -0.366. The molecule has 2 N–H and O–H groups in total. The second-order valence-electron chi connectivity index (χ2n) is 4.44. The van der Waals surface area contributed by atoms with E-state index < -0.39 is 17.1 Å². The molecule has 21 heavy (non-hydrogen) atoms. The van der Waals surface area contributed by atoms with E-state index in [0.717, 1.165) is 5.56 Å². The molecule has 0 aliphatic carbocycles. The fraction of sp³-hybridized carbons (Fsp3) is 0.133. The average molecular weight is 286 g/mol. The van der Waals surface area contributed by atoms with Crippen LogP contribution in [0.25, 0.3) is 0 Å². The summed E-state index contributed by atoms with van der Waals surface area (Å²) in [4.78, 5) is 21.9. The number of nitro benzene ring substituents is 1. The highest BCUT2D eigenvalue weighted by molar-refractivity contribution is 5.89. The molecule has 0 radical (unpaired) electrons. The topological polar surface area (TPSA) is 95.5 Å². The summed E-state index contributed by atoms with van der Waals surface area (Å²) in [6, 6.07) is 14.6. The van der Waals surface area contributed by atoms with E-state index in [1.54, 1.807) is 0 Å². The predicted octanol–water partition coefficient (Wildman–Crippen LogP) is 2.28. The van der Waals surface area contributed by atoms with Crippen molar-refractivity contribution in [3.05, 3.63) is 75.8 Å². The summed E-state index contributed by atoms with van der Waals surface area (Å²) in [5.74, 6) is -0.603. The van der Waals surface area contributed by atoms with Crippen LogP contribution in [0.2, 0.25) is 0 Å². The molecule has 0 spiro atoms. The lowest BCUT2D eigenvalue weighted by Gasteiger charge is -2.13. The molecular weight excluding hydrogens is 272 g/mol. The van der Waals surface area contributed by atoms with Crippen molar-refractivity contribution in [2.24, 2.45) is 5.73 Å². The number of nitro groups is 1. The Kier molecular flexibility index (Phi) is 4.63. The summed E-state index contributed by atoms with van der Waals surface area (Å²) in [7, 11) is 0. The smallest absolute Gasteiger partial charge is 0.339 e. The first-order valence-corrected chi connectivity index (χ1v) is 6.31. The molecule has 0 fully saturated rings. The molecule has 2 aromatic carbocycles. The Morgan fingerprint density at radius 2 is 1.76 bits per heavy atom. The summed E-state index contributed by atoms with van der Waals surface area (Å²) in [6.45, 7) is 0. The normalized spacial score (nSPS) is 11.7. The molecule has 0 saturated heterocycles. The van der Waals surface area contributed by atoms with Gasteiger partial charge in [0.1, 0.15) is 0 Å². The first kappa shape index (κ1) is 14.7. The number of carbonyl (C=O) groups excluding carboxylic acids is 1. The van der Waals surface area contributed by atoms with Gasteiger partial charge in [-0.25, -0.2) is 4.79 Å². The first-order valence-electron chi connectivity index (χ1n) is 6.31. The van der Waals surface area contributed by atoms with Gasteiger partial charge >= 0.3 is 5.97 Å². The van der Waals surface area contributed by atoms with Gasteiger partial charge in [-0.15, -0.1) is 0 Å². The van der Waals surface area contributed by atoms with Crippen LogP contribution in [0.3, 0.4) is 0 Å². The monoisotopic (exact) mass is 286 g/mol. The predicted molar refractivity (Wildman–Crippen MR) is 76.6 cm³/mol. The van der Waals surface area contributed by atoms with Crippen molar-refractivity contribution in [2.75, 3.05) is 0 Å². The van der Waals surface area contributed by atoms with Crippen LogP contribution < -0.4 is 5.73 Å². The number of rotatable bonds is 5. The molecule has 0 aliphatic heterocycles. The van der Waals surface area contributed by atoms with E-state index in [1.807, 2.05) is 30.3 Å². The van der Waals surface area contributed by atoms with Gasteiger partial charge in [0.25, 0.3) is 5.69 Å². The van der Waals surface area contributed by atoms with E-state index in [0.29, 0.717) is 6.42 Å². The zero-order chi connectivity index (χ0) is 15.2. The van der Waals surface area contributed by atoms with E-state index in [4.69, 9.17) is 10.5 Å². The third-order valence-electron chi connectivity index (χ3n) is 2.85. The lowest BCUT2D eigenvalue weighted by molar-refractivity contribution is -0.384. The minimum Gasteiger partial charge on any atom is -0.443 e. The van der Waals surface area contributed by atoms with Gasteiger partial charge in [0.2, 0.25) is 0 Å². The van der Waals surface area contributed by atoms with Gasteiger partial charge < -0.3 is 4.74 Å². The SMILES string of the molecule is NC(Cc1ccccc1)OC(=O)c1ccc([N+](=O)[O-])cc1. The van der Waals surface area contributed by atoms with Gasteiger partial charge in [0, 0.05) is 18.6 Å². The molecule has 6 nitrogen and oxygen atoms in total. The lowest BCUT2D eigenvalue weighted by atomic mass is 10.1. The molecule has 1 atom stereocenters. The lowest BCUT2D eigenvalue weighted by Crippen LogP contribution is -2.29. The number of non-ortho nitro benzene ring substituents is 1. The average Bonchev–Trinajstić information content (AvgIpc) is 2.48. The van der Waals surface area contributed by atoms with Crippen molar-refractivity contribution in [3.8, 4) is 0 Å². The van der Waals surface area contributed by atoms with E-state index in [1.165, 1.54) is 24.3 Å². The maximum Gasteiger partial charge on any atom is 0.339 e. The van der Waals surface area contributed by atoms with Gasteiger partial charge in [-0.05, 0) is 17.7 Å². The number of carbonyl (C=O) groups is 1. The van der Waals surface area contributed by atoms with Gasteiger partial charge in [-0.2, -0.15) is 0 Å². The maximum absolute atomic E-state index is 11.9. The first-order chi connectivity index (χ1) is 10.1. The molecule has 0 amide bonds. The molecule has 1 unspecified atom stereocenters. The molecule has 6 heteroatoms. The maximum atomic E-state index is 11.9. The Morgan fingerprint density at radius 1 is 1.14 bits per heavy atom. The van der Waals surface area contributed by atoms with E-state index in [2.05, 4.69) is 0 Å². The Bertz CT molecular complexity index is 626. The number of benzene rings is 2. The van der Waals surface area contributed by atoms with Crippen LogP contribution in [0.4, 0.5) is 5.69 Å². The van der Waals surface area contributed by atoms with Crippen LogP contribution in [-0.2, 0) is 11.2 Å². The van der Waals surface area contributed by atoms with Crippen molar-refractivity contribution in [1.82, 2.24) is 0 Å². The fourth-order valence-corrected chi connectivity index (χ4v) is 1.81. The number of nitrogens with two attached hydrogens (primary N) is 1. The molecule has 2 aromatic rings. The highest BCUT2D eigenvalue weighted by Gasteiger charge is 2.14. The minimum atomic E-state index is -0.768. The number of ether oxygens (including phenoxy) is 1. The summed E-state index contributed by atoms with van der Waals surface area (Å²) >= 11 is 0. The highest BCUT2D eigenvalue weighted by Crippen LogP contribution is 2.13. The van der Waals surface area contributed by atoms with Gasteiger partial charge in [0.05, 0.1) is 10.5 Å².